The summed E-state index contributed by atoms with van der Waals surface area (Å²) >= 11 is 1.21. The summed E-state index contributed by atoms with van der Waals surface area (Å²) in [7, 11) is 1.20. The molecule has 0 saturated heterocycles. The van der Waals surface area contributed by atoms with Gasteiger partial charge in [0, 0.05) is 4.90 Å². The first-order chi connectivity index (χ1) is 8.65. The van der Waals surface area contributed by atoms with Gasteiger partial charge in [-0.3, -0.25) is 9.59 Å². The number of benzene rings is 1. The highest BCUT2D eigenvalue weighted by Crippen LogP contribution is 2.20. The van der Waals surface area contributed by atoms with Crippen LogP contribution in [-0.4, -0.2) is 24.4 Å². The minimum Gasteiger partial charge on any atom is -0.469 e. The van der Waals surface area contributed by atoms with Gasteiger partial charge in [0.2, 0.25) is 5.91 Å². The molecule has 1 amide bonds. The van der Waals surface area contributed by atoms with Crippen LogP contribution >= 0.6 is 11.8 Å². The molecule has 94 valence electrons. The fourth-order valence-corrected chi connectivity index (χ4v) is 1.95. The van der Waals surface area contributed by atoms with Gasteiger partial charge in [-0.25, -0.2) is 0 Å². The smallest absolute Gasteiger partial charge is 0.315 e. The lowest BCUT2D eigenvalue weighted by atomic mass is 10.4. The quantitative estimate of drug-likeness (QED) is 0.375. The van der Waals surface area contributed by atoms with E-state index in [0.717, 1.165) is 4.90 Å². The molecule has 0 radical (unpaired) electrons. The summed E-state index contributed by atoms with van der Waals surface area (Å²) in [4.78, 5) is 23.1. The van der Waals surface area contributed by atoms with Gasteiger partial charge in [0.05, 0.1) is 13.2 Å². The van der Waals surface area contributed by atoms with Crippen LogP contribution in [0.15, 0.2) is 35.2 Å². The molecule has 0 saturated carbocycles. The molecule has 1 unspecified atom stereocenters. The van der Waals surface area contributed by atoms with E-state index in [4.69, 9.17) is 5.26 Å². The zero-order chi connectivity index (χ0) is 13.4. The summed E-state index contributed by atoms with van der Waals surface area (Å²) in [6.07, 6.45) is -0.385. The summed E-state index contributed by atoms with van der Waals surface area (Å²) < 4.78 is 4.36. The molecule has 1 aromatic carbocycles. The van der Waals surface area contributed by atoms with Gasteiger partial charge in [0.25, 0.3) is 0 Å². The number of nitrogens with zero attached hydrogens (tertiary/aromatic N) is 1. The molecule has 1 aromatic rings. The zero-order valence-corrected chi connectivity index (χ0v) is 10.6. The minimum atomic E-state index is -0.732. The zero-order valence-electron chi connectivity index (χ0n) is 9.75. The van der Waals surface area contributed by atoms with E-state index >= 15 is 0 Å². The van der Waals surface area contributed by atoms with Crippen LogP contribution in [0.1, 0.15) is 6.42 Å². The fourth-order valence-electron chi connectivity index (χ4n) is 1.12. The summed E-state index contributed by atoms with van der Waals surface area (Å²) in [5.74, 6) is -1.16. The number of nitrogens with one attached hydrogen (secondary N) is 1. The van der Waals surface area contributed by atoms with Gasteiger partial charge in [0.15, 0.2) is 5.37 Å². The number of thioether (sulfide) groups is 1. The Bertz CT molecular complexity index is 456. The van der Waals surface area contributed by atoms with Gasteiger partial charge in [0.1, 0.15) is 6.42 Å². The predicted molar refractivity (Wildman–Crippen MR) is 66.5 cm³/mol. The lowest BCUT2D eigenvalue weighted by Gasteiger charge is -2.10. The van der Waals surface area contributed by atoms with Crippen molar-refractivity contribution in [3.63, 3.8) is 0 Å². The van der Waals surface area contributed by atoms with E-state index in [2.05, 4.69) is 10.1 Å². The number of hydrogen-bond acceptors (Lipinski definition) is 5. The highest BCUT2D eigenvalue weighted by Gasteiger charge is 2.15. The largest absolute Gasteiger partial charge is 0.469 e. The van der Waals surface area contributed by atoms with Crippen molar-refractivity contribution in [2.75, 3.05) is 7.11 Å². The third kappa shape index (κ3) is 4.89. The monoisotopic (exact) mass is 264 g/mol. The Morgan fingerprint density at radius 2 is 2.11 bits per heavy atom. The van der Waals surface area contributed by atoms with Gasteiger partial charge in [-0.2, -0.15) is 5.26 Å². The first kappa shape index (κ1) is 14.1. The molecule has 0 aliphatic heterocycles. The Hall–Kier alpha value is -2.00. The average molecular weight is 264 g/mol. The van der Waals surface area contributed by atoms with Crippen molar-refractivity contribution in [3.8, 4) is 6.07 Å². The van der Waals surface area contributed by atoms with Crippen molar-refractivity contribution in [1.82, 2.24) is 5.32 Å². The molecule has 0 aromatic heterocycles. The van der Waals surface area contributed by atoms with Gasteiger partial charge >= 0.3 is 5.97 Å². The average Bonchev–Trinajstić information content (AvgIpc) is 2.38. The van der Waals surface area contributed by atoms with Crippen LogP contribution in [0.5, 0.6) is 0 Å². The van der Waals surface area contributed by atoms with Gasteiger partial charge in [-0.05, 0) is 12.1 Å². The lowest BCUT2D eigenvalue weighted by molar-refractivity contribution is -0.143. The number of rotatable bonds is 5. The van der Waals surface area contributed by atoms with Crippen molar-refractivity contribution in [2.45, 2.75) is 16.7 Å². The topological polar surface area (TPSA) is 79.2 Å². The summed E-state index contributed by atoms with van der Waals surface area (Å²) in [6, 6.07) is 11.2. The molecule has 1 N–H and O–H groups in total. The first-order valence-electron chi connectivity index (χ1n) is 5.13. The number of ether oxygens (including phenoxy) is 1. The van der Waals surface area contributed by atoms with E-state index in [-0.39, 0.29) is 6.42 Å². The van der Waals surface area contributed by atoms with Crippen LogP contribution in [0.4, 0.5) is 0 Å². The molecule has 1 rings (SSSR count). The van der Waals surface area contributed by atoms with E-state index in [9.17, 15) is 9.59 Å². The number of carbonyl (C=O) groups excluding carboxylic acids is 2. The van der Waals surface area contributed by atoms with Crippen LogP contribution in [-0.2, 0) is 14.3 Å². The molecule has 6 heteroatoms. The second-order valence-corrected chi connectivity index (χ2v) is 4.44. The standard InChI is InChI=1S/C12H12N2O3S/c1-17-12(16)7-10(15)14-11(8-13)18-9-5-3-2-4-6-9/h2-6,11H,7H2,1H3,(H,14,15). The number of methoxy groups -OCH3 is 1. The van der Waals surface area contributed by atoms with E-state index < -0.39 is 17.3 Å². The van der Waals surface area contributed by atoms with Crippen LogP contribution in [0.2, 0.25) is 0 Å². The Balaban J connectivity index is 2.51. The number of hydrogen-bond donors (Lipinski definition) is 1. The summed E-state index contributed by atoms with van der Waals surface area (Å²) in [6.45, 7) is 0. The minimum absolute atomic E-state index is 0.385. The Morgan fingerprint density at radius 1 is 1.44 bits per heavy atom. The van der Waals surface area contributed by atoms with Gasteiger partial charge < -0.3 is 10.1 Å². The van der Waals surface area contributed by atoms with Gasteiger partial charge in [-0.1, -0.05) is 30.0 Å². The molecule has 18 heavy (non-hydrogen) atoms. The predicted octanol–water partition coefficient (Wildman–Crippen LogP) is 1.31. The highest BCUT2D eigenvalue weighted by molar-refractivity contribution is 8.00. The maximum absolute atomic E-state index is 11.4. The number of carbonyl (C=O) groups is 2. The molecular weight excluding hydrogens is 252 g/mol. The van der Waals surface area contributed by atoms with E-state index in [1.54, 1.807) is 0 Å². The maximum atomic E-state index is 11.4. The lowest BCUT2D eigenvalue weighted by Crippen LogP contribution is -2.32. The van der Waals surface area contributed by atoms with E-state index in [0.29, 0.717) is 0 Å². The highest BCUT2D eigenvalue weighted by atomic mass is 32.2. The summed E-state index contributed by atoms with van der Waals surface area (Å²) in [5, 5.41) is 10.6. The van der Waals surface area contributed by atoms with Crippen molar-refractivity contribution in [1.29, 1.82) is 5.26 Å². The molecule has 0 fully saturated rings. The second-order valence-electron chi connectivity index (χ2n) is 3.26. The van der Waals surface area contributed by atoms with Gasteiger partial charge in [-0.15, -0.1) is 0 Å². The molecule has 0 bridgehead atoms. The SMILES string of the molecule is COC(=O)CC(=O)NC(C#N)Sc1ccccc1. The number of esters is 1. The fraction of sp³-hybridized carbons (Fsp3) is 0.250. The molecule has 0 heterocycles. The van der Waals surface area contributed by atoms with Crippen LogP contribution < -0.4 is 5.32 Å². The summed E-state index contributed by atoms with van der Waals surface area (Å²) in [5.41, 5.74) is 0. The van der Waals surface area contributed by atoms with Crippen LogP contribution in [0.25, 0.3) is 0 Å². The first-order valence-corrected chi connectivity index (χ1v) is 6.01. The Morgan fingerprint density at radius 3 is 2.67 bits per heavy atom. The normalized spacial score (nSPS) is 11.1. The van der Waals surface area contributed by atoms with E-state index in [1.165, 1.54) is 18.9 Å². The Labute approximate surface area is 109 Å². The Kier molecular flexibility index (Phi) is 5.74. The number of amides is 1. The van der Waals surface area contributed by atoms with Crippen molar-refractivity contribution in [3.05, 3.63) is 30.3 Å². The molecular formula is C12H12N2O3S. The van der Waals surface area contributed by atoms with Crippen molar-refractivity contribution in [2.24, 2.45) is 0 Å². The van der Waals surface area contributed by atoms with Crippen LogP contribution in [0, 0.1) is 11.3 Å². The van der Waals surface area contributed by atoms with Crippen LogP contribution in [0.3, 0.4) is 0 Å². The molecule has 5 nitrogen and oxygen atoms in total. The molecule has 0 spiro atoms. The molecule has 0 aliphatic carbocycles. The molecule has 1 atom stereocenters. The number of nitriles is 1. The molecule has 0 aliphatic rings. The third-order valence-electron chi connectivity index (χ3n) is 1.94. The van der Waals surface area contributed by atoms with Crippen molar-refractivity contribution < 1.29 is 14.3 Å². The third-order valence-corrected chi connectivity index (χ3v) is 2.94. The van der Waals surface area contributed by atoms with E-state index in [1.807, 2.05) is 36.4 Å². The maximum Gasteiger partial charge on any atom is 0.315 e. The second kappa shape index (κ2) is 7.35. The van der Waals surface area contributed by atoms with Crippen molar-refractivity contribution >= 4 is 23.6 Å².